The fourth-order valence-corrected chi connectivity index (χ4v) is 3.04. The van der Waals surface area contributed by atoms with Crippen LogP contribution in [-0.2, 0) is 6.42 Å². The first-order valence-corrected chi connectivity index (χ1v) is 8.73. The Morgan fingerprint density at radius 2 is 2.08 bits per heavy atom. The van der Waals surface area contributed by atoms with Gasteiger partial charge in [0.25, 0.3) is 0 Å². The van der Waals surface area contributed by atoms with Gasteiger partial charge in [0.15, 0.2) is 5.96 Å². The number of nitrogens with one attached hydrogen (secondary N) is 2. The van der Waals surface area contributed by atoms with E-state index in [9.17, 15) is 0 Å². The second-order valence-electron chi connectivity index (χ2n) is 6.36. The van der Waals surface area contributed by atoms with Crippen molar-refractivity contribution in [2.45, 2.75) is 33.1 Å². The first kappa shape index (κ1) is 19.0. The van der Waals surface area contributed by atoms with Crippen LogP contribution in [0.15, 0.2) is 29.3 Å². The summed E-state index contributed by atoms with van der Waals surface area (Å²) in [6, 6.07) is 8.15. The zero-order valence-electron chi connectivity index (χ0n) is 14.6. The van der Waals surface area contributed by atoms with E-state index in [1.807, 2.05) is 18.2 Å². The number of piperidine rings is 1. The minimum absolute atomic E-state index is 0. The number of halogens is 1. The van der Waals surface area contributed by atoms with Crippen LogP contribution in [0.2, 0.25) is 0 Å². The zero-order chi connectivity index (χ0) is 16.1. The van der Waals surface area contributed by atoms with Crippen LogP contribution < -0.4 is 5.32 Å². The number of aromatic nitrogens is 2. The predicted octanol–water partition coefficient (Wildman–Crippen LogP) is 3.42. The molecular weight excluding hydrogens is 413 g/mol. The molecule has 5 nitrogen and oxygen atoms in total. The van der Waals surface area contributed by atoms with Gasteiger partial charge in [-0.2, -0.15) is 0 Å². The lowest BCUT2D eigenvalue weighted by atomic mass is 10.00. The van der Waals surface area contributed by atoms with E-state index in [1.165, 1.54) is 12.8 Å². The van der Waals surface area contributed by atoms with Gasteiger partial charge in [-0.1, -0.05) is 19.1 Å². The second-order valence-corrected chi connectivity index (χ2v) is 6.36. The molecule has 0 radical (unpaired) electrons. The summed E-state index contributed by atoms with van der Waals surface area (Å²) in [6.45, 7) is 8.35. The van der Waals surface area contributed by atoms with Gasteiger partial charge in [-0.15, -0.1) is 24.0 Å². The Bertz CT molecular complexity index is 625. The number of benzene rings is 1. The highest BCUT2D eigenvalue weighted by molar-refractivity contribution is 14.0. The number of fused-ring (bicyclic) bond motifs is 1. The number of likely N-dealkylation sites (tertiary alicyclic amines) is 1. The molecule has 1 aromatic carbocycles. The third-order valence-electron chi connectivity index (χ3n) is 4.47. The van der Waals surface area contributed by atoms with Crippen molar-refractivity contribution >= 4 is 41.0 Å². The molecule has 0 spiro atoms. The lowest BCUT2D eigenvalue weighted by Crippen LogP contribution is -2.45. The van der Waals surface area contributed by atoms with Crippen molar-refractivity contribution in [3.63, 3.8) is 0 Å². The van der Waals surface area contributed by atoms with E-state index in [4.69, 9.17) is 4.99 Å². The normalized spacial score (nSPS) is 16.2. The maximum atomic E-state index is 4.80. The predicted molar refractivity (Wildman–Crippen MR) is 111 cm³/mol. The smallest absolute Gasteiger partial charge is 0.193 e. The molecule has 1 saturated heterocycles. The number of imidazole rings is 1. The number of hydrogen-bond donors (Lipinski definition) is 2. The molecule has 1 aliphatic rings. The third kappa shape index (κ3) is 4.84. The van der Waals surface area contributed by atoms with Crippen LogP contribution in [0.4, 0.5) is 0 Å². The minimum atomic E-state index is 0. The average molecular weight is 441 g/mol. The number of rotatable bonds is 4. The number of aromatic amines is 1. The molecule has 2 heterocycles. The van der Waals surface area contributed by atoms with Crippen LogP contribution in [0.25, 0.3) is 11.0 Å². The van der Waals surface area contributed by atoms with Crippen molar-refractivity contribution in [2.75, 3.05) is 26.2 Å². The SMILES string of the molecule is CCNC(=NCCc1nc2ccccc2[nH]1)N1CCC(C)CC1.I. The Morgan fingerprint density at radius 1 is 1.33 bits per heavy atom. The molecule has 0 atom stereocenters. The molecule has 1 aromatic heterocycles. The summed E-state index contributed by atoms with van der Waals surface area (Å²) in [7, 11) is 0. The third-order valence-corrected chi connectivity index (χ3v) is 4.47. The molecule has 0 saturated carbocycles. The lowest BCUT2D eigenvalue weighted by molar-refractivity contribution is 0.273. The highest BCUT2D eigenvalue weighted by Gasteiger charge is 2.18. The van der Waals surface area contributed by atoms with Crippen molar-refractivity contribution in [3.8, 4) is 0 Å². The van der Waals surface area contributed by atoms with Gasteiger partial charge in [-0.05, 0) is 37.8 Å². The Hall–Kier alpha value is -1.31. The Balaban J connectivity index is 0.00000208. The molecule has 0 bridgehead atoms. The van der Waals surface area contributed by atoms with Crippen LogP contribution >= 0.6 is 24.0 Å². The highest BCUT2D eigenvalue weighted by atomic mass is 127. The van der Waals surface area contributed by atoms with Gasteiger partial charge in [-0.3, -0.25) is 4.99 Å². The molecule has 6 heteroatoms. The second kappa shape index (κ2) is 9.25. The molecule has 0 amide bonds. The molecule has 1 fully saturated rings. The average Bonchev–Trinajstić information content (AvgIpc) is 2.97. The van der Waals surface area contributed by atoms with Crippen molar-refractivity contribution in [2.24, 2.45) is 10.9 Å². The molecule has 132 valence electrons. The van der Waals surface area contributed by atoms with E-state index in [0.717, 1.165) is 61.3 Å². The van der Waals surface area contributed by atoms with Gasteiger partial charge in [0, 0.05) is 32.6 Å². The maximum absolute atomic E-state index is 4.80. The number of guanidine groups is 1. The van der Waals surface area contributed by atoms with Gasteiger partial charge in [0.2, 0.25) is 0 Å². The molecule has 24 heavy (non-hydrogen) atoms. The van der Waals surface area contributed by atoms with Crippen LogP contribution in [-0.4, -0.2) is 47.0 Å². The van der Waals surface area contributed by atoms with Crippen molar-refractivity contribution in [3.05, 3.63) is 30.1 Å². The lowest BCUT2D eigenvalue weighted by Gasteiger charge is -2.33. The Labute approximate surface area is 161 Å². The van der Waals surface area contributed by atoms with Gasteiger partial charge in [-0.25, -0.2) is 4.98 Å². The highest BCUT2D eigenvalue weighted by Crippen LogP contribution is 2.16. The van der Waals surface area contributed by atoms with Gasteiger partial charge in [0.05, 0.1) is 11.0 Å². The monoisotopic (exact) mass is 441 g/mol. The zero-order valence-corrected chi connectivity index (χ0v) is 16.9. The van der Waals surface area contributed by atoms with Gasteiger partial charge < -0.3 is 15.2 Å². The summed E-state index contributed by atoms with van der Waals surface area (Å²) in [4.78, 5) is 15.2. The van der Waals surface area contributed by atoms with Crippen LogP contribution in [0.3, 0.4) is 0 Å². The maximum Gasteiger partial charge on any atom is 0.193 e. The summed E-state index contributed by atoms with van der Waals surface area (Å²) in [5.41, 5.74) is 2.13. The first-order chi connectivity index (χ1) is 11.3. The summed E-state index contributed by atoms with van der Waals surface area (Å²) in [5.74, 6) is 2.90. The number of para-hydroxylation sites is 2. The molecule has 2 N–H and O–H groups in total. The number of H-pyrrole nitrogens is 1. The van der Waals surface area contributed by atoms with Gasteiger partial charge >= 0.3 is 0 Å². The van der Waals surface area contributed by atoms with E-state index in [2.05, 4.69) is 40.1 Å². The summed E-state index contributed by atoms with van der Waals surface area (Å²) < 4.78 is 0. The van der Waals surface area contributed by atoms with Crippen molar-refractivity contribution < 1.29 is 0 Å². The van der Waals surface area contributed by atoms with E-state index in [0.29, 0.717) is 0 Å². The summed E-state index contributed by atoms with van der Waals surface area (Å²) in [5, 5.41) is 3.43. The first-order valence-electron chi connectivity index (χ1n) is 8.73. The van der Waals surface area contributed by atoms with Gasteiger partial charge in [0.1, 0.15) is 5.82 Å². The molecule has 0 aliphatic carbocycles. The van der Waals surface area contributed by atoms with Crippen molar-refractivity contribution in [1.29, 1.82) is 0 Å². The largest absolute Gasteiger partial charge is 0.357 e. The molecule has 0 unspecified atom stereocenters. The van der Waals surface area contributed by atoms with Crippen molar-refractivity contribution in [1.82, 2.24) is 20.2 Å². The van der Waals surface area contributed by atoms with E-state index in [-0.39, 0.29) is 24.0 Å². The standard InChI is InChI=1S/C18H27N5.HI/c1-3-19-18(23-12-9-14(2)10-13-23)20-11-8-17-21-15-6-4-5-7-16(15)22-17;/h4-7,14H,3,8-13H2,1-2H3,(H,19,20)(H,21,22);1H. The summed E-state index contributed by atoms with van der Waals surface area (Å²) in [6.07, 6.45) is 3.36. The quantitative estimate of drug-likeness (QED) is 0.435. The van der Waals surface area contributed by atoms with E-state index < -0.39 is 0 Å². The molecule has 1 aliphatic heterocycles. The number of nitrogens with zero attached hydrogens (tertiary/aromatic N) is 3. The Kier molecular flexibility index (Phi) is 7.33. The van der Waals surface area contributed by atoms with Crippen LogP contribution in [0.5, 0.6) is 0 Å². The number of aliphatic imine (C=N–C) groups is 1. The van der Waals surface area contributed by atoms with Crippen LogP contribution in [0, 0.1) is 5.92 Å². The fourth-order valence-electron chi connectivity index (χ4n) is 3.04. The molecule has 3 rings (SSSR count). The summed E-state index contributed by atoms with van der Waals surface area (Å²) >= 11 is 0. The van der Waals surface area contributed by atoms with Crippen LogP contribution in [0.1, 0.15) is 32.5 Å². The molecule has 2 aromatic rings. The Morgan fingerprint density at radius 3 is 2.79 bits per heavy atom. The van der Waals surface area contributed by atoms with E-state index in [1.54, 1.807) is 0 Å². The topological polar surface area (TPSA) is 56.3 Å². The fraction of sp³-hybridized carbons (Fsp3) is 0.556. The molecular formula is C18H28IN5. The minimum Gasteiger partial charge on any atom is -0.357 e. The number of hydrogen-bond acceptors (Lipinski definition) is 2. The van der Waals surface area contributed by atoms with E-state index >= 15 is 0 Å².